The molecule has 1 amide bonds. The molecule has 23 heavy (non-hydrogen) atoms. The molecule has 0 radical (unpaired) electrons. The quantitative estimate of drug-likeness (QED) is 0.465. The number of carbonyl (C=O) groups excluding carboxylic acids is 3. The van der Waals surface area contributed by atoms with E-state index < -0.39 is 11.2 Å². The summed E-state index contributed by atoms with van der Waals surface area (Å²) >= 11 is 0. The molecule has 7 nitrogen and oxygen atoms in total. The Kier molecular flexibility index (Phi) is 3.50. The Labute approximate surface area is 133 Å². The molecule has 3 unspecified atom stereocenters. The van der Waals surface area contributed by atoms with Gasteiger partial charge >= 0.3 is 5.97 Å². The van der Waals surface area contributed by atoms with Gasteiger partial charge in [-0.25, -0.2) is 4.79 Å². The SMILES string of the molecule is CCOC(=O)C1(C)NC12[C@@H](C)N2NC(=O)c1ccccc1C=O. The minimum Gasteiger partial charge on any atom is -0.465 e. The van der Waals surface area contributed by atoms with E-state index in [1.807, 2.05) is 6.92 Å². The standard InChI is InChI=1S/C16H19N3O4/c1-4-23-14(22)15(3)16(18-15)10(2)19(16)17-13(21)12-8-6-5-7-11(12)9-20/h5-10,18H,4H2,1-3H3,(H,17,21)/t10-,15?,16?,19?/m1/s1. The van der Waals surface area contributed by atoms with Crippen LogP contribution in [0.1, 0.15) is 41.5 Å². The van der Waals surface area contributed by atoms with Crippen molar-refractivity contribution in [3.05, 3.63) is 35.4 Å². The normalized spacial score (nSPS) is 33.9. The Morgan fingerprint density at radius 1 is 1.43 bits per heavy atom. The summed E-state index contributed by atoms with van der Waals surface area (Å²) < 4.78 is 5.08. The molecule has 0 saturated carbocycles. The molecule has 122 valence electrons. The first-order valence-electron chi connectivity index (χ1n) is 7.53. The maximum Gasteiger partial charge on any atom is 0.329 e. The number of hydrazine groups is 1. The van der Waals surface area contributed by atoms with E-state index in [1.54, 1.807) is 43.1 Å². The van der Waals surface area contributed by atoms with E-state index in [1.165, 1.54) is 0 Å². The smallest absolute Gasteiger partial charge is 0.329 e. The van der Waals surface area contributed by atoms with Crippen molar-refractivity contribution in [1.29, 1.82) is 0 Å². The highest BCUT2D eigenvalue weighted by Crippen LogP contribution is 2.57. The van der Waals surface area contributed by atoms with Gasteiger partial charge in [-0.15, -0.1) is 0 Å². The second-order valence-electron chi connectivity index (χ2n) is 5.93. The lowest BCUT2D eigenvalue weighted by molar-refractivity contribution is -0.146. The average Bonchev–Trinajstić information content (AvgIpc) is 3.36. The Balaban J connectivity index is 1.73. The summed E-state index contributed by atoms with van der Waals surface area (Å²) in [7, 11) is 0. The highest BCUT2D eigenvalue weighted by atomic mass is 16.5. The molecule has 7 heteroatoms. The lowest BCUT2D eigenvalue weighted by atomic mass is 10.1. The van der Waals surface area contributed by atoms with Crippen molar-refractivity contribution < 1.29 is 19.1 Å². The van der Waals surface area contributed by atoms with Gasteiger partial charge in [0.05, 0.1) is 18.2 Å². The number of amides is 1. The Morgan fingerprint density at radius 3 is 2.78 bits per heavy atom. The van der Waals surface area contributed by atoms with Gasteiger partial charge in [-0.05, 0) is 26.8 Å². The first-order valence-corrected chi connectivity index (χ1v) is 7.53. The van der Waals surface area contributed by atoms with Crippen LogP contribution >= 0.6 is 0 Å². The van der Waals surface area contributed by atoms with Crippen LogP contribution in [0.5, 0.6) is 0 Å². The fourth-order valence-electron chi connectivity index (χ4n) is 3.24. The highest BCUT2D eigenvalue weighted by Gasteiger charge is 2.87. The molecule has 2 N–H and O–H groups in total. The van der Waals surface area contributed by atoms with E-state index in [2.05, 4.69) is 10.7 Å². The molecule has 2 fully saturated rings. The van der Waals surface area contributed by atoms with E-state index in [9.17, 15) is 14.4 Å². The largest absolute Gasteiger partial charge is 0.465 e. The summed E-state index contributed by atoms with van der Waals surface area (Å²) in [6, 6.07) is 6.51. The fraction of sp³-hybridized carbons (Fsp3) is 0.438. The molecular weight excluding hydrogens is 298 g/mol. The fourth-order valence-corrected chi connectivity index (χ4v) is 3.24. The van der Waals surface area contributed by atoms with Crippen molar-refractivity contribution in [2.75, 3.05) is 6.61 Å². The van der Waals surface area contributed by atoms with Crippen molar-refractivity contribution in [1.82, 2.24) is 15.8 Å². The molecule has 1 aromatic rings. The summed E-state index contributed by atoms with van der Waals surface area (Å²) in [5.41, 5.74) is 1.95. The molecule has 2 aliphatic heterocycles. The van der Waals surface area contributed by atoms with Crippen molar-refractivity contribution in [2.24, 2.45) is 0 Å². The van der Waals surface area contributed by atoms with E-state index in [-0.39, 0.29) is 17.9 Å². The number of nitrogens with one attached hydrogen (secondary N) is 2. The Hall–Kier alpha value is -2.25. The van der Waals surface area contributed by atoms with Crippen molar-refractivity contribution in [3.8, 4) is 0 Å². The number of nitrogens with zero attached hydrogens (tertiary/aromatic N) is 1. The molecule has 3 rings (SSSR count). The number of esters is 1. The topological polar surface area (TPSA) is 97.4 Å². The van der Waals surface area contributed by atoms with E-state index in [0.717, 1.165) is 0 Å². The molecule has 0 bridgehead atoms. The van der Waals surface area contributed by atoms with Gasteiger partial charge in [0.15, 0.2) is 11.8 Å². The molecule has 4 atom stereocenters. The van der Waals surface area contributed by atoms with Crippen LogP contribution in [0, 0.1) is 0 Å². The predicted octanol–water partition coefficient (Wildman–Crippen LogP) is 0.469. The van der Waals surface area contributed by atoms with Gasteiger partial charge in [0, 0.05) is 5.56 Å². The van der Waals surface area contributed by atoms with E-state index in [0.29, 0.717) is 24.0 Å². The summed E-state index contributed by atoms with van der Waals surface area (Å²) in [6.07, 6.45) is 0.647. The molecular formula is C16H19N3O4. The van der Waals surface area contributed by atoms with Crippen molar-refractivity contribution in [3.63, 3.8) is 0 Å². The summed E-state index contributed by atoms with van der Waals surface area (Å²) in [6.45, 7) is 5.72. The monoisotopic (exact) mass is 317 g/mol. The van der Waals surface area contributed by atoms with Gasteiger partial charge in [-0.3, -0.25) is 20.3 Å². The number of hydrogen-bond acceptors (Lipinski definition) is 6. The first kappa shape index (κ1) is 15.6. The summed E-state index contributed by atoms with van der Waals surface area (Å²) in [5, 5.41) is 4.82. The number of aldehydes is 1. The molecule has 1 aromatic carbocycles. The Bertz CT molecular complexity index is 692. The lowest BCUT2D eigenvalue weighted by Crippen LogP contribution is -2.36. The second-order valence-corrected chi connectivity index (χ2v) is 5.93. The number of ether oxygens (including phenoxy) is 1. The number of rotatable bonds is 5. The third-order valence-electron chi connectivity index (χ3n) is 4.68. The summed E-state index contributed by atoms with van der Waals surface area (Å²) in [5.74, 6) is -0.715. The van der Waals surface area contributed by atoms with Gasteiger partial charge in [0.1, 0.15) is 5.66 Å². The van der Waals surface area contributed by atoms with Crippen molar-refractivity contribution in [2.45, 2.75) is 38.0 Å². The third kappa shape index (κ3) is 2.08. The molecule has 0 aromatic heterocycles. The summed E-state index contributed by atoms with van der Waals surface area (Å²) in [4.78, 5) is 35.5. The van der Waals surface area contributed by atoms with E-state index >= 15 is 0 Å². The van der Waals surface area contributed by atoms with Crippen LogP contribution in [-0.4, -0.2) is 47.0 Å². The molecule has 0 aliphatic carbocycles. The van der Waals surface area contributed by atoms with Crippen LogP contribution in [0.3, 0.4) is 0 Å². The first-order chi connectivity index (χ1) is 10.9. The average molecular weight is 317 g/mol. The van der Waals surface area contributed by atoms with Gasteiger partial charge in [-0.2, -0.15) is 5.01 Å². The molecule has 1 spiro atoms. The number of benzene rings is 1. The zero-order valence-electron chi connectivity index (χ0n) is 13.3. The number of carbonyl (C=O) groups is 3. The van der Waals surface area contributed by atoms with Crippen molar-refractivity contribution >= 4 is 18.2 Å². The molecule has 2 aliphatic rings. The van der Waals surface area contributed by atoms with Crippen LogP contribution in [0.4, 0.5) is 0 Å². The second kappa shape index (κ2) is 5.14. The maximum atomic E-state index is 12.4. The van der Waals surface area contributed by atoms with Crippen LogP contribution in [-0.2, 0) is 9.53 Å². The van der Waals surface area contributed by atoms with Crippen LogP contribution in [0.2, 0.25) is 0 Å². The van der Waals surface area contributed by atoms with Gasteiger partial charge in [0.25, 0.3) is 5.91 Å². The Morgan fingerprint density at radius 2 is 2.13 bits per heavy atom. The van der Waals surface area contributed by atoms with Crippen LogP contribution < -0.4 is 10.7 Å². The third-order valence-corrected chi connectivity index (χ3v) is 4.68. The van der Waals surface area contributed by atoms with E-state index in [4.69, 9.17) is 4.74 Å². The highest BCUT2D eigenvalue weighted by molar-refractivity contribution is 6.01. The molecule has 2 saturated heterocycles. The maximum absolute atomic E-state index is 12.4. The minimum absolute atomic E-state index is 0.0516. The van der Waals surface area contributed by atoms with Gasteiger partial charge in [0.2, 0.25) is 0 Å². The van der Waals surface area contributed by atoms with Crippen LogP contribution in [0.15, 0.2) is 24.3 Å². The zero-order valence-corrected chi connectivity index (χ0v) is 13.3. The zero-order chi connectivity index (χ0) is 16.8. The van der Waals surface area contributed by atoms with Crippen LogP contribution in [0.25, 0.3) is 0 Å². The predicted molar refractivity (Wildman–Crippen MR) is 81.5 cm³/mol. The van der Waals surface area contributed by atoms with Gasteiger partial charge < -0.3 is 4.74 Å². The molecule has 2 heterocycles. The minimum atomic E-state index is -0.833. The van der Waals surface area contributed by atoms with Gasteiger partial charge in [-0.1, -0.05) is 18.2 Å². The number of hydrogen-bond donors (Lipinski definition) is 2. The lowest BCUT2D eigenvalue weighted by Gasteiger charge is -2.10.